The van der Waals surface area contributed by atoms with Crippen molar-refractivity contribution in [3.63, 3.8) is 0 Å². The third kappa shape index (κ3) is 3.89. The van der Waals surface area contributed by atoms with Gasteiger partial charge in [-0.15, -0.1) is 0 Å². The standard InChI is InChI=1S/C12H13F2IO5S/c1-6-4-9(7(2)10(15)5-6)11(16)20-8(3)12(13,14)21(17,18)19/h4-5,8H,1-3H3,(H,17,18,19). The number of carbonyl (C=O) groups is 1. The van der Waals surface area contributed by atoms with Crippen molar-refractivity contribution >= 4 is 38.7 Å². The van der Waals surface area contributed by atoms with E-state index in [1.54, 1.807) is 19.9 Å². The molecule has 0 spiro atoms. The van der Waals surface area contributed by atoms with Gasteiger partial charge in [-0.1, -0.05) is 0 Å². The van der Waals surface area contributed by atoms with Gasteiger partial charge in [0.1, 0.15) is 0 Å². The summed E-state index contributed by atoms with van der Waals surface area (Å²) in [6.45, 7) is 4.03. The van der Waals surface area contributed by atoms with Crippen LogP contribution in [0.1, 0.15) is 28.4 Å². The molecule has 0 heterocycles. The van der Waals surface area contributed by atoms with E-state index in [2.05, 4.69) is 4.74 Å². The van der Waals surface area contributed by atoms with E-state index in [0.717, 1.165) is 9.13 Å². The van der Waals surface area contributed by atoms with E-state index in [-0.39, 0.29) is 5.56 Å². The second-order valence-electron chi connectivity index (χ2n) is 4.50. The maximum atomic E-state index is 13.3. The van der Waals surface area contributed by atoms with Crippen LogP contribution in [0.25, 0.3) is 0 Å². The minimum absolute atomic E-state index is 0.0670. The summed E-state index contributed by atoms with van der Waals surface area (Å²) in [5.74, 6) is -1.08. The molecule has 21 heavy (non-hydrogen) atoms. The molecule has 118 valence electrons. The summed E-state index contributed by atoms with van der Waals surface area (Å²) >= 11 is 1.98. The lowest BCUT2D eigenvalue weighted by atomic mass is 10.1. The number of benzene rings is 1. The highest BCUT2D eigenvalue weighted by atomic mass is 127. The van der Waals surface area contributed by atoms with Gasteiger partial charge in [-0.25, -0.2) is 4.79 Å². The summed E-state index contributed by atoms with van der Waals surface area (Å²) in [5.41, 5.74) is 1.33. The number of hydrogen-bond acceptors (Lipinski definition) is 4. The van der Waals surface area contributed by atoms with Gasteiger partial charge >= 0.3 is 21.3 Å². The van der Waals surface area contributed by atoms with Gasteiger partial charge in [0.2, 0.25) is 0 Å². The van der Waals surface area contributed by atoms with E-state index in [9.17, 15) is 22.0 Å². The molecule has 0 saturated heterocycles. The highest BCUT2D eigenvalue weighted by molar-refractivity contribution is 14.1. The molecule has 1 N–H and O–H groups in total. The lowest BCUT2D eigenvalue weighted by Gasteiger charge is -2.21. The zero-order chi connectivity index (χ0) is 16.6. The van der Waals surface area contributed by atoms with E-state index in [0.29, 0.717) is 12.5 Å². The fraction of sp³-hybridized carbons (Fsp3) is 0.417. The Balaban J connectivity index is 3.08. The molecule has 0 aliphatic heterocycles. The Morgan fingerprint density at radius 3 is 2.38 bits per heavy atom. The van der Waals surface area contributed by atoms with Crippen molar-refractivity contribution in [3.05, 3.63) is 32.4 Å². The Bertz CT molecular complexity index is 672. The molecule has 1 rings (SSSR count). The Labute approximate surface area is 134 Å². The van der Waals surface area contributed by atoms with Gasteiger partial charge in [-0.05, 0) is 66.6 Å². The molecule has 5 nitrogen and oxygen atoms in total. The van der Waals surface area contributed by atoms with Crippen LogP contribution in [-0.4, -0.2) is 30.3 Å². The van der Waals surface area contributed by atoms with Crippen molar-refractivity contribution in [3.8, 4) is 0 Å². The number of esters is 1. The van der Waals surface area contributed by atoms with Crippen molar-refractivity contribution in [2.24, 2.45) is 0 Å². The third-order valence-corrected chi connectivity index (χ3v) is 4.95. The Hall–Kier alpha value is -0.810. The lowest BCUT2D eigenvalue weighted by molar-refractivity contribution is -0.0550. The van der Waals surface area contributed by atoms with Crippen LogP contribution in [0.3, 0.4) is 0 Å². The van der Waals surface area contributed by atoms with Gasteiger partial charge in [0, 0.05) is 3.57 Å². The molecule has 1 aromatic carbocycles. The van der Waals surface area contributed by atoms with Crippen molar-refractivity contribution in [1.82, 2.24) is 0 Å². The number of halogens is 3. The van der Waals surface area contributed by atoms with Crippen LogP contribution >= 0.6 is 22.6 Å². The second-order valence-corrected chi connectivity index (χ2v) is 7.16. The highest BCUT2D eigenvalue weighted by Gasteiger charge is 2.52. The molecule has 0 fully saturated rings. The van der Waals surface area contributed by atoms with Gasteiger partial charge in [0.15, 0.2) is 6.10 Å². The topological polar surface area (TPSA) is 80.7 Å². The maximum Gasteiger partial charge on any atom is 0.405 e. The fourth-order valence-corrected chi connectivity index (χ4v) is 2.78. The van der Waals surface area contributed by atoms with E-state index in [1.807, 2.05) is 22.6 Å². The van der Waals surface area contributed by atoms with Crippen molar-refractivity contribution < 1.29 is 31.3 Å². The minimum atomic E-state index is -5.67. The highest BCUT2D eigenvalue weighted by Crippen LogP contribution is 2.28. The van der Waals surface area contributed by atoms with Crippen LogP contribution in [-0.2, 0) is 14.9 Å². The van der Waals surface area contributed by atoms with Crippen LogP contribution in [0.2, 0.25) is 0 Å². The largest absolute Gasteiger partial charge is 0.451 e. The molecule has 1 atom stereocenters. The van der Waals surface area contributed by atoms with Crippen molar-refractivity contribution in [1.29, 1.82) is 0 Å². The summed E-state index contributed by atoms with van der Waals surface area (Å²) in [6.07, 6.45) is -2.32. The predicted octanol–water partition coefficient (Wildman–Crippen LogP) is 2.93. The molecule has 0 radical (unpaired) electrons. The first-order chi connectivity index (χ1) is 9.37. The zero-order valence-electron chi connectivity index (χ0n) is 11.4. The summed E-state index contributed by atoms with van der Waals surface area (Å²) in [7, 11) is -5.67. The van der Waals surface area contributed by atoms with Gasteiger partial charge in [0.05, 0.1) is 5.56 Å². The molecule has 0 aromatic heterocycles. The number of alkyl halides is 2. The zero-order valence-corrected chi connectivity index (χ0v) is 14.3. The number of ether oxygens (including phenoxy) is 1. The Kier molecular flexibility index (Phi) is 5.32. The average Bonchev–Trinajstić information content (AvgIpc) is 2.31. The van der Waals surface area contributed by atoms with Gasteiger partial charge < -0.3 is 4.74 Å². The van der Waals surface area contributed by atoms with Gasteiger partial charge in [-0.3, -0.25) is 4.55 Å². The SMILES string of the molecule is Cc1cc(I)c(C)c(C(=O)OC(C)C(F)(F)S(=O)(=O)O)c1. The molecule has 0 amide bonds. The molecular weight excluding hydrogens is 421 g/mol. The smallest absolute Gasteiger partial charge is 0.405 e. The summed E-state index contributed by atoms with van der Waals surface area (Å²) in [5, 5.41) is -4.58. The molecule has 0 aliphatic carbocycles. The van der Waals surface area contributed by atoms with E-state index < -0.39 is 27.4 Å². The Morgan fingerprint density at radius 1 is 1.38 bits per heavy atom. The molecule has 0 bridgehead atoms. The van der Waals surface area contributed by atoms with Crippen LogP contribution < -0.4 is 0 Å². The van der Waals surface area contributed by atoms with Crippen LogP contribution in [0, 0.1) is 17.4 Å². The minimum Gasteiger partial charge on any atom is -0.451 e. The lowest BCUT2D eigenvalue weighted by Crippen LogP contribution is -2.42. The monoisotopic (exact) mass is 434 g/mol. The maximum absolute atomic E-state index is 13.3. The molecule has 0 saturated carbocycles. The van der Waals surface area contributed by atoms with E-state index in [4.69, 9.17) is 4.55 Å². The quantitative estimate of drug-likeness (QED) is 0.448. The summed E-state index contributed by atoms with van der Waals surface area (Å²) in [4.78, 5) is 11.9. The van der Waals surface area contributed by atoms with Crippen molar-refractivity contribution in [2.45, 2.75) is 32.1 Å². The number of hydrogen-bond donors (Lipinski definition) is 1. The van der Waals surface area contributed by atoms with Crippen LogP contribution in [0.15, 0.2) is 12.1 Å². The normalized spacial score (nSPS) is 13.9. The van der Waals surface area contributed by atoms with Gasteiger partial charge in [0.25, 0.3) is 0 Å². The molecule has 0 aliphatic rings. The van der Waals surface area contributed by atoms with Crippen LogP contribution in [0.5, 0.6) is 0 Å². The predicted molar refractivity (Wildman–Crippen MR) is 80.0 cm³/mol. The first kappa shape index (κ1) is 18.2. The van der Waals surface area contributed by atoms with Crippen molar-refractivity contribution in [2.75, 3.05) is 0 Å². The fourth-order valence-electron chi connectivity index (χ4n) is 1.53. The molecular formula is C12H13F2IO5S. The number of carbonyl (C=O) groups excluding carboxylic acids is 1. The average molecular weight is 434 g/mol. The van der Waals surface area contributed by atoms with Gasteiger partial charge in [-0.2, -0.15) is 17.2 Å². The first-order valence-corrected chi connectivity index (χ1v) is 8.22. The number of aryl methyl sites for hydroxylation is 1. The third-order valence-electron chi connectivity index (χ3n) is 2.81. The molecule has 1 aromatic rings. The molecule has 1 unspecified atom stereocenters. The molecule has 9 heteroatoms. The summed E-state index contributed by atoms with van der Waals surface area (Å²) in [6, 6.07) is 3.25. The first-order valence-electron chi connectivity index (χ1n) is 5.70. The van der Waals surface area contributed by atoms with Crippen LogP contribution in [0.4, 0.5) is 8.78 Å². The second kappa shape index (κ2) is 6.13. The summed E-state index contributed by atoms with van der Waals surface area (Å²) < 4.78 is 61.6. The van der Waals surface area contributed by atoms with E-state index in [1.165, 1.54) is 6.07 Å². The van der Waals surface area contributed by atoms with E-state index >= 15 is 0 Å². The number of rotatable bonds is 4. The Morgan fingerprint density at radius 2 is 1.90 bits per heavy atom.